The van der Waals surface area contributed by atoms with Crippen molar-refractivity contribution >= 4 is 17.5 Å². The van der Waals surface area contributed by atoms with Crippen LogP contribution >= 0.6 is 0 Å². The molecule has 1 amide bonds. The lowest BCUT2D eigenvalue weighted by molar-refractivity contribution is 0.0950. The van der Waals surface area contributed by atoms with Gasteiger partial charge in [0.2, 0.25) is 5.95 Å². The monoisotopic (exact) mass is 373 g/mol. The summed E-state index contributed by atoms with van der Waals surface area (Å²) in [6.07, 6.45) is 3.21. The third-order valence-electron chi connectivity index (χ3n) is 4.88. The Balaban J connectivity index is 1.31. The Morgan fingerprint density at radius 2 is 1.39 bits per heavy atom. The summed E-state index contributed by atoms with van der Waals surface area (Å²) in [6, 6.07) is 20.3. The van der Waals surface area contributed by atoms with E-state index in [1.807, 2.05) is 36.4 Å². The van der Waals surface area contributed by atoms with Crippen LogP contribution in [-0.2, 0) is 6.54 Å². The molecule has 142 valence electrons. The Bertz CT molecular complexity index is 891. The first-order chi connectivity index (χ1) is 13.8. The number of aromatic nitrogens is 2. The minimum Gasteiger partial charge on any atom is -0.368 e. The SMILES string of the molecule is O=C(NCc1ccccc1)c1cnc(N2CCN(c3ccccc3)CC2)nc1. The molecule has 0 bridgehead atoms. The fourth-order valence-electron chi connectivity index (χ4n) is 3.29. The lowest BCUT2D eigenvalue weighted by Crippen LogP contribution is -2.47. The van der Waals surface area contributed by atoms with Crippen molar-refractivity contribution < 1.29 is 4.79 Å². The summed E-state index contributed by atoms with van der Waals surface area (Å²) in [7, 11) is 0. The minimum atomic E-state index is -0.163. The Morgan fingerprint density at radius 1 is 0.821 bits per heavy atom. The average Bonchev–Trinajstić information content (AvgIpc) is 2.79. The molecule has 1 aliphatic rings. The molecule has 0 unspecified atom stereocenters. The van der Waals surface area contributed by atoms with E-state index in [4.69, 9.17) is 0 Å². The van der Waals surface area contributed by atoms with Gasteiger partial charge in [0.05, 0.1) is 5.56 Å². The maximum atomic E-state index is 12.3. The van der Waals surface area contributed by atoms with Crippen LogP contribution in [0, 0.1) is 0 Å². The van der Waals surface area contributed by atoms with Gasteiger partial charge in [-0.15, -0.1) is 0 Å². The van der Waals surface area contributed by atoms with Crippen molar-refractivity contribution in [1.29, 1.82) is 0 Å². The second kappa shape index (κ2) is 8.52. The number of piperazine rings is 1. The molecule has 0 saturated carbocycles. The Labute approximate surface area is 164 Å². The van der Waals surface area contributed by atoms with Gasteiger partial charge in [-0.3, -0.25) is 4.79 Å². The predicted octanol–water partition coefficient (Wildman–Crippen LogP) is 2.73. The van der Waals surface area contributed by atoms with E-state index < -0.39 is 0 Å². The molecule has 2 aromatic carbocycles. The van der Waals surface area contributed by atoms with Crippen LogP contribution in [0.2, 0.25) is 0 Å². The fourth-order valence-corrected chi connectivity index (χ4v) is 3.29. The number of carbonyl (C=O) groups is 1. The van der Waals surface area contributed by atoms with Gasteiger partial charge in [0, 0.05) is 50.8 Å². The van der Waals surface area contributed by atoms with E-state index >= 15 is 0 Å². The summed E-state index contributed by atoms with van der Waals surface area (Å²) in [4.78, 5) is 25.6. The lowest BCUT2D eigenvalue weighted by atomic mass is 10.2. The van der Waals surface area contributed by atoms with Crippen molar-refractivity contribution in [2.24, 2.45) is 0 Å². The van der Waals surface area contributed by atoms with Crippen LogP contribution in [0.4, 0.5) is 11.6 Å². The van der Waals surface area contributed by atoms with Gasteiger partial charge in [0.1, 0.15) is 0 Å². The Kier molecular flexibility index (Phi) is 5.47. The van der Waals surface area contributed by atoms with Crippen LogP contribution in [0.25, 0.3) is 0 Å². The van der Waals surface area contributed by atoms with E-state index in [0.717, 1.165) is 31.7 Å². The van der Waals surface area contributed by atoms with Crippen LogP contribution < -0.4 is 15.1 Å². The van der Waals surface area contributed by atoms with E-state index in [9.17, 15) is 4.79 Å². The van der Waals surface area contributed by atoms with Gasteiger partial charge >= 0.3 is 0 Å². The third kappa shape index (κ3) is 4.28. The molecule has 4 rings (SSSR count). The number of nitrogens with zero attached hydrogens (tertiary/aromatic N) is 4. The molecule has 0 radical (unpaired) electrons. The van der Waals surface area contributed by atoms with Gasteiger partial charge in [-0.25, -0.2) is 9.97 Å². The molecule has 3 aromatic rings. The van der Waals surface area contributed by atoms with Crippen LogP contribution in [0.15, 0.2) is 73.1 Å². The molecular weight excluding hydrogens is 350 g/mol. The van der Waals surface area contributed by atoms with Gasteiger partial charge in [-0.05, 0) is 17.7 Å². The summed E-state index contributed by atoms with van der Waals surface area (Å²) in [5, 5.41) is 2.90. The quantitative estimate of drug-likeness (QED) is 0.745. The molecule has 1 aromatic heterocycles. The Hall–Kier alpha value is -3.41. The molecule has 0 atom stereocenters. The average molecular weight is 373 g/mol. The predicted molar refractivity (Wildman–Crippen MR) is 111 cm³/mol. The van der Waals surface area contributed by atoms with Gasteiger partial charge < -0.3 is 15.1 Å². The zero-order valence-corrected chi connectivity index (χ0v) is 15.7. The van der Waals surface area contributed by atoms with Gasteiger partial charge in [0.25, 0.3) is 5.91 Å². The summed E-state index contributed by atoms with van der Waals surface area (Å²) in [6.45, 7) is 4.05. The number of carbonyl (C=O) groups excluding carboxylic acids is 1. The summed E-state index contributed by atoms with van der Waals surface area (Å²) < 4.78 is 0. The zero-order chi connectivity index (χ0) is 19.2. The van der Waals surface area contributed by atoms with Crippen LogP contribution in [0.5, 0.6) is 0 Å². The summed E-state index contributed by atoms with van der Waals surface area (Å²) in [5.74, 6) is 0.511. The maximum Gasteiger partial charge on any atom is 0.254 e. The molecule has 6 nitrogen and oxygen atoms in total. The van der Waals surface area contributed by atoms with Crippen molar-refractivity contribution in [3.63, 3.8) is 0 Å². The van der Waals surface area contributed by atoms with Crippen molar-refractivity contribution in [3.8, 4) is 0 Å². The first-order valence-corrected chi connectivity index (χ1v) is 9.49. The zero-order valence-electron chi connectivity index (χ0n) is 15.7. The van der Waals surface area contributed by atoms with E-state index in [1.165, 1.54) is 5.69 Å². The molecule has 0 spiro atoms. The van der Waals surface area contributed by atoms with E-state index in [2.05, 4.69) is 49.4 Å². The number of nitrogens with one attached hydrogen (secondary N) is 1. The third-order valence-corrected chi connectivity index (χ3v) is 4.88. The number of hydrogen-bond donors (Lipinski definition) is 1. The summed E-state index contributed by atoms with van der Waals surface area (Å²) >= 11 is 0. The van der Waals surface area contributed by atoms with Crippen LogP contribution in [-0.4, -0.2) is 42.1 Å². The minimum absolute atomic E-state index is 0.163. The first kappa shape index (κ1) is 18.0. The first-order valence-electron chi connectivity index (χ1n) is 9.49. The number of benzene rings is 2. The lowest BCUT2D eigenvalue weighted by Gasteiger charge is -2.36. The molecule has 1 fully saturated rings. The molecule has 2 heterocycles. The van der Waals surface area contributed by atoms with Gasteiger partial charge in [0.15, 0.2) is 0 Å². The number of hydrogen-bond acceptors (Lipinski definition) is 5. The van der Waals surface area contributed by atoms with Crippen molar-refractivity contribution in [2.45, 2.75) is 6.54 Å². The highest BCUT2D eigenvalue weighted by atomic mass is 16.1. The van der Waals surface area contributed by atoms with E-state index in [-0.39, 0.29) is 5.91 Å². The highest BCUT2D eigenvalue weighted by Crippen LogP contribution is 2.17. The molecule has 6 heteroatoms. The highest BCUT2D eigenvalue weighted by molar-refractivity contribution is 5.93. The van der Waals surface area contributed by atoms with E-state index in [0.29, 0.717) is 18.1 Å². The van der Waals surface area contributed by atoms with Gasteiger partial charge in [-0.2, -0.15) is 0 Å². The van der Waals surface area contributed by atoms with Crippen LogP contribution in [0.3, 0.4) is 0 Å². The number of rotatable bonds is 5. The van der Waals surface area contributed by atoms with Gasteiger partial charge in [-0.1, -0.05) is 48.5 Å². The molecule has 1 N–H and O–H groups in total. The van der Waals surface area contributed by atoms with E-state index in [1.54, 1.807) is 12.4 Å². The standard InChI is InChI=1S/C22H23N5O/c28-21(23-15-18-7-3-1-4-8-18)19-16-24-22(25-17-19)27-13-11-26(12-14-27)20-9-5-2-6-10-20/h1-10,16-17H,11-15H2,(H,23,28). The number of para-hydroxylation sites is 1. The largest absolute Gasteiger partial charge is 0.368 e. The second-order valence-electron chi connectivity index (χ2n) is 6.75. The highest BCUT2D eigenvalue weighted by Gasteiger charge is 2.19. The van der Waals surface area contributed by atoms with Crippen molar-refractivity contribution in [1.82, 2.24) is 15.3 Å². The molecule has 0 aliphatic carbocycles. The molecular formula is C22H23N5O. The Morgan fingerprint density at radius 3 is 2.04 bits per heavy atom. The number of amides is 1. The molecule has 28 heavy (non-hydrogen) atoms. The summed E-state index contributed by atoms with van der Waals surface area (Å²) in [5.41, 5.74) is 2.78. The number of anilines is 2. The normalized spacial score (nSPS) is 14.0. The smallest absolute Gasteiger partial charge is 0.254 e. The second-order valence-corrected chi connectivity index (χ2v) is 6.75. The van der Waals surface area contributed by atoms with Crippen molar-refractivity contribution in [2.75, 3.05) is 36.0 Å². The fraction of sp³-hybridized carbons (Fsp3) is 0.227. The van der Waals surface area contributed by atoms with Crippen molar-refractivity contribution in [3.05, 3.63) is 84.2 Å². The molecule has 1 saturated heterocycles. The van der Waals surface area contributed by atoms with Crippen LogP contribution in [0.1, 0.15) is 15.9 Å². The topological polar surface area (TPSA) is 61.4 Å². The molecule has 1 aliphatic heterocycles. The maximum absolute atomic E-state index is 12.3.